The number of aromatic nitrogens is 4. The normalized spacial score (nSPS) is 11.2. The minimum absolute atomic E-state index is 0.372. The van der Waals surface area contributed by atoms with E-state index in [2.05, 4.69) is 34.2 Å². The summed E-state index contributed by atoms with van der Waals surface area (Å²) in [5.74, 6) is 1.05. The average Bonchev–Trinajstić information content (AvgIpc) is 2.92. The van der Waals surface area contributed by atoms with Crippen molar-refractivity contribution in [2.45, 2.75) is 24.9 Å². The minimum Gasteiger partial charge on any atom is -0.324 e. The second kappa shape index (κ2) is 5.73. The van der Waals surface area contributed by atoms with Crippen molar-refractivity contribution >= 4 is 29.0 Å². The molecule has 0 fully saturated rings. The maximum Gasteiger partial charge on any atom is 0.232 e. The quantitative estimate of drug-likeness (QED) is 0.744. The van der Waals surface area contributed by atoms with Crippen molar-refractivity contribution in [3.05, 3.63) is 42.1 Å². The van der Waals surface area contributed by atoms with Crippen LogP contribution < -0.4 is 5.32 Å². The standard InChI is InChI=1S/C15H17N5S/c1-10(2)12-9-16-20-13(12)18-15(21-3)19-14(20)17-11-7-5-4-6-8-11/h4-10H,1-3H3,(H,17,18,19). The SMILES string of the molecule is CSc1nc(Nc2ccccc2)n2ncc(C(C)C)c2n1. The van der Waals surface area contributed by atoms with Gasteiger partial charge in [0.1, 0.15) is 0 Å². The van der Waals surface area contributed by atoms with E-state index in [-0.39, 0.29) is 0 Å². The highest BCUT2D eigenvalue weighted by Gasteiger charge is 2.14. The fourth-order valence-electron chi connectivity index (χ4n) is 2.11. The number of nitrogens with one attached hydrogen (secondary N) is 1. The summed E-state index contributed by atoms with van der Waals surface area (Å²) in [5.41, 5.74) is 2.97. The van der Waals surface area contributed by atoms with Crippen LogP contribution in [0.25, 0.3) is 5.65 Å². The first kappa shape index (κ1) is 13.9. The molecule has 1 N–H and O–H groups in total. The fourth-order valence-corrected chi connectivity index (χ4v) is 2.46. The first-order chi connectivity index (χ1) is 10.2. The van der Waals surface area contributed by atoms with Crippen LogP contribution in [0.2, 0.25) is 0 Å². The third kappa shape index (κ3) is 2.71. The Morgan fingerprint density at radius 3 is 2.57 bits per heavy atom. The van der Waals surface area contributed by atoms with E-state index in [1.807, 2.05) is 42.8 Å². The van der Waals surface area contributed by atoms with Gasteiger partial charge in [0.05, 0.1) is 6.20 Å². The zero-order chi connectivity index (χ0) is 14.8. The molecule has 0 bridgehead atoms. The second-order valence-electron chi connectivity index (χ2n) is 5.01. The van der Waals surface area contributed by atoms with Crippen LogP contribution in [0.15, 0.2) is 41.7 Å². The van der Waals surface area contributed by atoms with Crippen LogP contribution in [0.3, 0.4) is 0 Å². The number of thioether (sulfide) groups is 1. The Bertz CT molecular complexity index is 751. The molecule has 0 atom stereocenters. The summed E-state index contributed by atoms with van der Waals surface area (Å²) in [5, 5.41) is 8.48. The molecule has 6 heteroatoms. The van der Waals surface area contributed by atoms with Crippen LogP contribution in [-0.4, -0.2) is 25.8 Å². The predicted molar refractivity (Wildman–Crippen MR) is 86.4 cm³/mol. The molecule has 0 radical (unpaired) electrons. The molecular weight excluding hydrogens is 282 g/mol. The van der Waals surface area contributed by atoms with Crippen molar-refractivity contribution in [1.82, 2.24) is 19.6 Å². The van der Waals surface area contributed by atoms with Gasteiger partial charge in [-0.25, -0.2) is 4.98 Å². The third-order valence-electron chi connectivity index (χ3n) is 3.21. The van der Waals surface area contributed by atoms with Gasteiger partial charge in [-0.2, -0.15) is 14.6 Å². The van der Waals surface area contributed by atoms with Crippen LogP contribution in [0, 0.1) is 0 Å². The van der Waals surface area contributed by atoms with Crippen molar-refractivity contribution < 1.29 is 0 Å². The molecular formula is C15H17N5S. The van der Waals surface area contributed by atoms with Crippen LogP contribution in [0.1, 0.15) is 25.3 Å². The predicted octanol–water partition coefficient (Wildman–Crippen LogP) is 3.71. The van der Waals surface area contributed by atoms with E-state index in [9.17, 15) is 0 Å². The molecule has 0 spiro atoms. The molecule has 0 saturated heterocycles. The van der Waals surface area contributed by atoms with Crippen molar-refractivity contribution in [3.63, 3.8) is 0 Å². The lowest BCUT2D eigenvalue weighted by Crippen LogP contribution is -2.06. The highest BCUT2D eigenvalue weighted by molar-refractivity contribution is 7.98. The molecule has 0 unspecified atom stereocenters. The lowest BCUT2D eigenvalue weighted by atomic mass is 10.1. The van der Waals surface area contributed by atoms with Gasteiger partial charge in [0.2, 0.25) is 5.95 Å². The summed E-state index contributed by atoms with van der Waals surface area (Å²) in [6.45, 7) is 4.28. The van der Waals surface area contributed by atoms with Gasteiger partial charge in [0, 0.05) is 11.3 Å². The van der Waals surface area contributed by atoms with Crippen molar-refractivity contribution in [2.24, 2.45) is 0 Å². The maximum absolute atomic E-state index is 4.59. The van der Waals surface area contributed by atoms with E-state index in [0.717, 1.165) is 22.1 Å². The molecule has 0 aliphatic rings. The number of fused-ring (bicyclic) bond motifs is 1. The molecule has 3 rings (SSSR count). The topological polar surface area (TPSA) is 55.1 Å². The lowest BCUT2D eigenvalue weighted by Gasteiger charge is -2.09. The van der Waals surface area contributed by atoms with Gasteiger partial charge in [-0.3, -0.25) is 0 Å². The average molecular weight is 299 g/mol. The summed E-state index contributed by atoms with van der Waals surface area (Å²) in [6, 6.07) is 9.95. The Kier molecular flexibility index (Phi) is 3.79. The molecule has 108 valence electrons. The smallest absolute Gasteiger partial charge is 0.232 e. The van der Waals surface area contributed by atoms with Gasteiger partial charge in [-0.1, -0.05) is 43.8 Å². The summed E-state index contributed by atoms with van der Waals surface area (Å²) >= 11 is 1.53. The van der Waals surface area contributed by atoms with Crippen LogP contribution >= 0.6 is 11.8 Å². The van der Waals surface area contributed by atoms with Crippen LogP contribution in [0.5, 0.6) is 0 Å². The van der Waals surface area contributed by atoms with Gasteiger partial charge in [0.15, 0.2) is 10.8 Å². The van der Waals surface area contributed by atoms with E-state index in [1.54, 1.807) is 4.52 Å². The summed E-state index contributed by atoms with van der Waals surface area (Å²) in [7, 11) is 0. The fraction of sp³-hybridized carbons (Fsp3) is 0.267. The van der Waals surface area contributed by atoms with Crippen molar-refractivity contribution in [3.8, 4) is 0 Å². The summed E-state index contributed by atoms with van der Waals surface area (Å²) in [4.78, 5) is 9.12. The Morgan fingerprint density at radius 1 is 1.14 bits per heavy atom. The summed E-state index contributed by atoms with van der Waals surface area (Å²) in [6.07, 6.45) is 3.85. The Hall–Kier alpha value is -2.08. The number of para-hydroxylation sites is 1. The number of rotatable bonds is 4. The van der Waals surface area contributed by atoms with E-state index in [0.29, 0.717) is 11.9 Å². The zero-order valence-corrected chi connectivity index (χ0v) is 13.1. The number of nitrogens with zero attached hydrogens (tertiary/aromatic N) is 4. The largest absolute Gasteiger partial charge is 0.324 e. The van der Waals surface area contributed by atoms with E-state index < -0.39 is 0 Å². The number of anilines is 2. The van der Waals surface area contributed by atoms with Gasteiger partial charge in [0.25, 0.3) is 0 Å². The van der Waals surface area contributed by atoms with Crippen molar-refractivity contribution in [1.29, 1.82) is 0 Å². The van der Waals surface area contributed by atoms with Crippen LogP contribution in [-0.2, 0) is 0 Å². The van der Waals surface area contributed by atoms with Crippen molar-refractivity contribution in [2.75, 3.05) is 11.6 Å². The molecule has 5 nitrogen and oxygen atoms in total. The first-order valence-corrected chi connectivity index (χ1v) is 8.03. The molecule has 2 heterocycles. The zero-order valence-electron chi connectivity index (χ0n) is 12.2. The highest BCUT2D eigenvalue weighted by Crippen LogP contribution is 2.24. The van der Waals surface area contributed by atoms with Gasteiger partial charge in [-0.15, -0.1) is 0 Å². The lowest BCUT2D eigenvalue weighted by molar-refractivity contribution is 0.837. The Balaban J connectivity index is 2.12. The molecule has 0 saturated carbocycles. The molecule has 0 aliphatic carbocycles. The minimum atomic E-state index is 0.372. The Morgan fingerprint density at radius 2 is 1.90 bits per heavy atom. The third-order valence-corrected chi connectivity index (χ3v) is 3.76. The van der Waals surface area contributed by atoms with Gasteiger partial charge in [-0.05, 0) is 24.3 Å². The van der Waals surface area contributed by atoms with Crippen LogP contribution in [0.4, 0.5) is 11.6 Å². The first-order valence-electron chi connectivity index (χ1n) is 6.80. The monoisotopic (exact) mass is 299 g/mol. The molecule has 1 aromatic carbocycles. The van der Waals surface area contributed by atoms with E-state index in [4.69, 9.17) is 0 Å². The molecule has 0 aliphatic heterocycles. The maximum atomic E-state index is 4.59. The summed E-state index contributed by atoms with van der Waals surface area (Å²) < 4.78 is 1.77. The van der Waals surface area contributed by atoms with E-state index in [1.165, 1.54) is 11.8 Å². The number of hydrogen-bond acceptors (Lipinski definition) is 5. The highest BCUT2D eigenvalue weighted by atomic mass is 32.2. The molecule has 3 aromatic rings. The van der Waals surface area contributed by atoms with Gasteiger partial charge >= 0.3 is 0 Å². The Labute approximate surface area is 127 Å². The second-order valence-corrected chi connectivity index (χ2v) is 5.79. The number of benzene rings is 1. The van der Waals surface area contributed by atoms with E-state index >= 15 is 0 Å². The number of hydrogen-bond donors (Lipinski definition) is 1. The molecule has 21 heavy (non-hydrogen) atoms. The van der Waals surface area contributed by atoms with Gasteiger partial charge < -0.3 is 5.32 Å². The molecule has 0 amide bonds. The molecule has 2 aromatic heterocycles.